The summed E-state index contributed by atoms with van der Waals surface area (Å²) >= 11 is 0. The number of benzene rings is 1. The van der Waals surface area contributed by atoms with Gasteiger partial charge in [0.15, 0.2) is 5.82 Å². The fraction of sp³-hybridized carbons (Fsp3) is 0.438. The predicted molar refractivity (Wildman–Crippen MR) is 82.0 cm³/mol. The van der Waals surface area contributed by atoms with Crippen molar-refractivity contribution in [3.05, 3.63) is 36.2 Å². The molecule has 1 aliphatic rings. The summed E-state index contributed by atoms with van der Waals surface area (Å²) in [6, 6.07) is 9.74. The molecule has 0 aliphatic heterocycles. The lowest BCUT2D eigenvalue weighted by Crippen LogP contribution is -2.48. The lowest BCUT2D eigenvalue weighted by Gasteiger charge is -2.36. The molecule has 0 atom stereocenters. The average Bonchev–Trinajstić information content (AvgIpc) is 2.85. The van der Waals surface area contributed by atoms with Crippen LogP contribution in [0.2, 0.25) is 0 Å². The van der Waals surface area contributed by atoms with Crippen molar-refractivity contribution in [1.82, 2.24) is 20.1 Å². The first-order valence-electron chi connectivity index (χ1n) is 7.50. The van der Waals surface area contributed by atoms with E-state index in [0.717, 1.165) is 30.7 Å². The van der Waals surface area contributed by atoms with Crippen LogP contribution in [0, 0.1) is 0 Å². The number of nitrogens with one attached hydrogen (secondary N) is 1. The van der Waals surface area contributed by atoms with Crippen LogP contribution in [0.5, 0.6) is 0 Å². The zero-order valence-electron chi connectivity index (χ0n) is 12.6. The largest absolute Gasteiger partial charge is 0.388 e. The summed E-state index contributed by atoms with van der Waals surface area (Å²) in [6.45, 7) is 0.315. The Balaban J connectivity index is 1.63. The summed E-state index contributed by atoms with van der Waals surface area (Å²) in [5, 5.41) is 21.0. The first-order valence-corrected chi connectivity index (χ1v) is 7.50. The van der Waals surface area contributed by atoms with Crippen molar-refractivity contribution in [2.24, 2.45) is 7.05 Å². The number of rotatable bonds is 5. The first kappa shape index (κ1) is 14.7. The van der Waals surface area contributed by atoms with Gasteiger partial charge in [0.05, 0.1) is 12.0 Å². The van der Waals surface area contributed by atoms with Crippen LogP contribution in [0.15, 0.2) is 30.3 Å². The summed E-state index contributed by atoms with van der Waals surface area (Å²) < 4.78 is 1.83. The average molecular weight is 300 g/mol. The summed E-state index contributed by atoms with van der Waals surface area (Å²) in [5.74, 6) is 1.20. The van der Waals surface area contributed by atoms with Crippen molar-refractivity contribution in [3.63, 3.8) is 0 Å². The standard InChI is InChI=1S/C16H20N4O2/c1-20-13(10-14(21)17-11-16(22)8-5-9-16)18-19-15(20)12-6-3-2-4-7-12/h2-4,6-7,22H,5,8-11H2,1H3,(H,17,21). The van der Waals surface area contributed by atoms with E-state index in [0.29, 0.717) is 12.4 Å². The van der Waals surface area contributed by atoms with E-state index >= 15 is 0 Å². The van der Waals surface area contributed by atoms with Crippen LogP contribution in [0.3, 0.4) is 0 Å². The highest BCUT2D eigenvalue weighted by Crippen LogP contribution is 2.30. The Morgan fingerprint density at radius 3 is 2.68 bits per heavy atom. The summed E-state index contributed by atoms with van der Waals surface area (Å²) in [7, 11) is 1.85. The second-order valence-electron chi connectivity index (χ2n) is 5.90. The van der Waals surface area contributed by atoms with Crippen LogP contribution in [-0.4, -0.2) is 37.9 Å². The van der Waals surface area contributed by atoms with Crippen molar-refractivity contribution >= 4 is 5.91 Å². The highest BCUT2D eigenvalue weighted by atomic mass is 16.3. The third kappa shape index (κ3) is 3.01. The summed E-state index contributed by atoms with van der Waals surface area (Å²) in [4.78, 5) is 12.0. The summed E-state index contributed by atoms with van der Waals surface area (Å²) in [6.07, 6.45) is 2.70. The van der Waals surface area contributed by atoms with Gasteiger partial charge in [-0.25, -0.2) is 0 Å². The highest BCUT2D eigenvalue weighted by molar-refractivity contribution is 5.78. The maximum Gasteiger partial charge on any atom is 0.227 e. The van der Waals surface area contributed by atoms with E-state index in [1.807, 2.05) is 41.9 Å². The molecule has 1 heterocycles. The predicted octanol–water partition coefficient (Wildman–Crippen LogP) is 1.06. The van der Waals surface area contributed by atoms with Gasteiger partial charge in [0.2, 0.25) is 5.91 Å². The fourth-order valence-electron chi connectivity index (χ4n) is 2.58. The molecule has 0 radical (unpaired) electrons. The molecule has 2 aromatic rings. The molecular formula is C16H20N4O2. The van der Waals surface area contributed by atoms with Gasteiger partial charge in [0, 0.05) is 19.2 Å². The molecule has 1 fully saturated rings. The molecule has 0 bridgehead atoms. The van der Waals surface area contributed by atoms with E-state index in [-0.39, 0.29) is 12.3 Å². The monoisotopic (exact) mass is 300 g/mol. The van der Waals surface area contributed by atoms with E-state index in [9.17, 15) is 9.90 Å². The minimum Gasteiger partial charge on any atom is -0.388 e. The number of aliphatic hydroxyl groups is 1. The SMILES string of the molecule is Cn1c(CC(=O)NCC2(O)CCC2)nnc1-c1ccccc1. The molecule has 1 aromatic heterocycles. The first-order chi connectivity index (χ1) is 10.6. The third-order valence-corrected chi connectivity index (χ3v) is 4.21. The van der Waals surface area contributed by atoms with Gasteiger partial charge in [0.1, 0.15) is 5.82 Å². The molecule has 1 aromatic carbocycles. The molecule has 1 saturated carbocycles. The van der Waals surface area contributed by atoms with E-state index in [2.05, 4.69) is 15.5 Å². The van der Waals surface area contributed by atoms with Gasteiger partial charge >= 0.3 is 0 Å². The van der Waals surface area contributed by atoms with Crippen molar-refractivity contribution in [3.8, 4) is 11.4 Å². The van der Waals surface area contributed by atoms with E-state index in [4.69, 9.17) is 0 Å². The van der Waals surface area contributed by atoms with E-state index < -0.39 is 5.60 Å². The molecule has 6 nitrogen and oxygen atoms in total. The van der Waals surface area contributed by atoms with Crippen LogP contribution in [-0.2, 0) is 18.3 Å². The lowest BCUT2D eigenvalue weighted by atomic mass is 9.80. The fourth-order valence-corrected chi connectivity index (χ4v) is 2.58. The van der Waals surface area contributed by atoms with Gasteiger partial charge < -0.3 is 15.0 Å². The Hall–Kier alpha value is -2.21. The van der Waals surface area contributed by atoms with Gasteiger partial charge in [0.25, 0.3) is 0 Å². The quantitative estimate of drug-likeness (QED) is 0.865. The van der Waals surface area contributed by atoms with Crippen molar-refractivity contribution in [2.75, 3.05) is 6.54 Å². The molecule has 1 aliphatic carbocycles. The number of aromatic nitrogens is 3. The Kier molecular flexibility index (Phi) is 3.94. The smallest absolute Gasteiger partial charge is 0.227 e. The normalized spacial score (nSPS) is 16.1. The number of nitrogens with zero attached hydrogens (tertiary/aromatic N) is 3. The van der Waals surface area contributed by atoms with Gasteiger partial charge in [-0.3, -0.25) is 4.79 Å². The van der Waals surface area contributed by atoms with Gasteiger partial charge in [-0.05, 0) is 19.3 Å². The molecular weight excluding hydrogens is 280 g/mol. The molecule has 0 spiro atoms. The maximum atomic E-state index is 12.0. The molecule has 0 unspecified atom stereocenters. The van der Waals surface area contributed by atoms with Gasteiger partial charge in [-0.15, -0.1) is 10.2 Å². The number of hydrogen-bond acceptors (Lipinski definition) is 4. The minimum absolute atomic E-state index is 0.143. The molecule has 0 saturated heterocycles. The Labute approximate surface area is 129 Å². The zero-order chi connectivity index (χ0) is 15.6. The molecule has 3 rings (SSSR count). The number of carbonyl (C=O) groups excluding carboxylic acids is 1. The van der Waals surface area contributed by atoms with E-state index in [1.165, 1.54) is 0 Å². The Bertz CT molecular complexity index is 662. The third-order valence-electron chi connectivity index (χ3n) is 4.21. The molecule has 22 heavy (non-hydrogen) atoms. The topological polar surface area (TPSA) is 80.0 Å². The second kappa shape index (κ2) is 5.88. The molecule has 1 amide bonds. The van der Waals surface area contributed by atoms with E-state index in [1.54, 1.807) is 0 Å². The van der Waals surface area contributed by atoms with Gasteiger partial charge in [-0.1, -0.05) is 30.3 Å². The van der Waals surface area contributed by atoms with Crippen molar-refractivity contribution < 1.29 is 9.90 Å². The van der Waals surface area contributed by atoms with Crippen LogP contribution >= 0.6 is 0 Å². The molecule has 2 N–H and O–H groups in total. The van der Waals surface area contributed by atoms with Crippen LogP contribution < -0.4 is 5.32 Å². The highest BCUT2D eigenvalue weighted by Gasteiger charge is 2.34. The van der Waals surface area contributed by atoms with Crippen LogP contribution in [0.4, 0.5) is 0 Å². The number of carbonyl (C=O) groups is 1. The Morgan fingerprint density at radius 1 is 1.32 bits per heavy atom. The summed E-state index contributed by atoms with van der Waals surface area (Å²) in [5.41, 5.74) is 0.262. The number of hydrogen-bond donors (Lipinski definition) is 2. The van der Waals surface area contributed by atoms with Crippen LogP contribution in [0.25, 0.3) is 11.4 Å². The van der Waals surface area contributed by atoms with Gasteiger partial charge in [-0.2, -0.15) is 0 Å². The van der Waals surface area contributed by atoms with Crippen LogP contribution in [0.1, 0.15) is 25.1 Å². The second-order valence-corrected chi connectivity index (χ2v) is 5.90. The zero-order valence-corrected chi connectivity index (χ0v) is 12.6. The Morgan fingerprint density at radius 2 is 2.05 bits per heavy atom. The van der Waals surface area contributed by atoms with Crippen molar-refractivity contribution in [2.45, 2.75) is 31.3 Å². The number of amides is 1. The molecule has 6 heteroatoms. The lowest BCUT2D eigenvalue weighted by molar-refractivity contribution is -0.123. The maximum absolute atomic E-state index is 12.0. The molecule has 116 valence electrons. The minimum atomic E-state index is -0.704. The van der Waals surface area contributed by atoms with Crippen molar-refractivity contribution in [1.29, 1.82) is 0 Å².